The number of aliphatic imine (C=N–C) groups is 1. The molecule has 0 aliphatic carbocycles. The van der Waals surface area contributed by atoms with Crippen LogP contribution in [0.5, 0.6) is 5.75 Å². The van der Waals surface area contributed by atoms with Crippen molar-refractivity contribution in [1.29, 1.82) is 0 Å². The van der Waals surface area contributed by atoms with Crippen LogP contribution in [-0.4, -0.2) is 29.5 Å². The van der Waals surface area contributed by atoms with Gasteiger partial charge in [0, 0.05) is 30.5 Å². The van der Waals surface area contributed by atoms with Crippen molar-refractivity contribution in [2.24, 2.45) is 10.7 Å². The lowest BCUT2D eigenvalue weighted by Crippen LogP contribution is -2.19. The molecule has 1 heterocycles. The van der Waals surface area contributed by atoms with Crippen LogP contribution in [0.2, 0.25) is 5.02 Å². The molecule has 28 heavy (non-hydrogen) atoms. The summed E-state index contributed by atoms with van der Waals surface area (Å²) in [5.74, 6) is -2.44. The molecule has 0 radical (unpaired) electrons. The SMILES string of the molecule is CN=C(C(=C(C)N)c1c(F)cc(OC)c(Cl)c1F)n1cnc2cc(F)ccc21. The van der Waals surface area contributed by atoms with Gasteiger partial charge in [0.25, 0.3) is 0 Å². The van der Waals surface area contributed by atoms with Crippen molar-refractivity contribution in [3.8, 4) is 5.75 Å². The summed E-state index contributed by atoms with van der Waals surface area (Å²) in [4.78, 5) is 8.27. The van der Waals surface area contributed by atoms with Crippen molar-refractivity contribution in [2.75, 3.05) is 14.2 Å². The second-order valence-electron chi connectivity index (χ2n) is 5.92. The van der Waals surface area contributed by atoms with Crippen molar-refractivity contribution in [3.05, 3.63) is 64.3 Å². The molecule has 2 aromatic carbocycles. The van der Waals surface area contributed by atoms with Gasteiger partial charge in [-0.15, -0.1) is 0 Å². The summed E-state index contributed by atoms with van der Waals surface area (Å²) >= 11 is 5.97. The Morgan fingerprint density at radius 3 is 2.57 bits per heavy atom. The summed E-state index contributed by atoms with van der Waals surface area (Å²) in [7, 11) is 2.69. The van der Waals surface area contributed by atoms with Gasteiger partial charge in [0.05, 0.1) is 23.7 Å². The predicted octanol–water partition coefficient (Wildman–Crippen LogP) is 4.38. The molecule has 0 fully saturated rings. The maximum absolute atomic E-state index is 15.0. The van der Waals surface area contributed by atoms with E-state index in [1.54, 1.807) is 0 Å². The fourth-order valence-corrected chi connectivity index (χ4v) is 3.16. The molecule has 0 unspecified atom stereocenters. The van der Waals surface area contributed by atoms with Crippen LogP contribution in [0.3, 0.4) is 0 Å². The number of fused-ring (bicyclic) bond motifs is 1. The Kier molecular flexibility index (Phi) is 5.33. The third kappa shape index (κ3) is 3.20. The van der Waals surface area contributed by atoms with Gasteiger partial charge < -0.3 is 10.5 Å². The van der Waals surface area contributed by atoms with E-state index in [0.29, 0.717) is 11.0 Å². The number of allylic oxidation sites excluding steroid dienone is 2. The summed E-state index contributed by atoms with van der Waals surface area (Å²) in [6.45, 7) is 1.48. The number of rotatable bonds is 3. The van der Waals surface area contributed by atoms with E-state index in [1.165, 1.54) is 50.2 Å². The molecule has 2 N–H and O–H groups in total. The summed E-state index contributed by atoms with van der Waals surface area (Å²) in [5, 5.41) is -0.384. The highest BCUT2D eigenvalue weighted by Gasteiger charge is 2.26. The van der Waals surface area contributed by atoms with Crippen molar-refractivity contribution < 1.29 is 17.9 Å². The smallest absolute Gasteiger partial charge is 0.156 e. The zero-order valence-electron chi connectivity index (χ0n) is 15.2. The molecule has 0 saturated heterocycles. The average Bonchev–Trinajstić information content (AvgIpc) is 3.06. The standard InChI is InChI=1S/C19H16ClF3N4O/c1-9(24)15(16-11(22)7-14(28-3)17(20)18(16)23)19(25-2)27-8-26-12-6-10(21)4-5-13(12)27/h4-8H,24H2,1-3H3. The highest BCUT2D eigenvalue weighted by Crippen LogP contribution is 2.36. The van der Waals surface area contributed by atoms with Crippen molar-refractivity contribution in [2.45, 2.75) is 6.92 Å². The highest BCUT2D eigenvalue weighted by molar-refractivity contribution is 6.33. The zero-order chi connectivity index (χ0) is 20.6. The molecular weight excluding hydrogens is 393 g/mol. The van der Waals surface area contributed by atoms with E-state index in [2.05, 4.69) is 9.98 Å². The molecule has 0 aliphatic heterocycles. The predicted molar refractivity (Wildman–Crippen MR) is 103 cm³/mol. The van der Waals surface area contributed by atoms with Gasteiger partial charge in [-0.3, -0.25) is 9.56 Å². The second-order valence-corrected chi connectivity index (χ2v) is 6.29. The summed E-state index contributed by atoms with van der Waals surface area (Å²) in [6, 6.07) is 4.94. The first-order valence-electron chi connectivity index (χ1n) is 8.08. The average molecular weight is 409 g/mol. The Labute approximate surface area is 163 Å². The van der Waals surface area contributed by atoms with Gasteiger partial charge in [0.1, 0.15) is 34.6 Å². The Bertz CT molecular complexity index is 1130. The minimum atomic E-state index is -1.03. The minimum Gasteiger partial charge on any atom is -0.495 e. The molecular formula is C19H16ClF3N4O. The van der Waals surface area contributed by atoms with Crippen molar-refractivity contribution in [1.82, 2.24) is 9.55 Å². The number of nitrogens with zero attached hydrogens (tertiary/aromatic N) is 3. The number of halogens is 4. The number of nitrogens with two attached hydrogens (primary N) is 1. The van der Waals surface area contributed by atoms with Gasteiger partial charge >= 0.3 is 0 Å². The Morgan fingerprint density at radius 2 is 1.96 bits per heavy atom. The van der Waals surface area contributed by atoms with E-state index in [4.69, 9.17) is 22.1 Å². The molecule has 0 bridgehead atoms. The third-order valence-electron chi connectivity index (χ3n) is 4.16. The van der Waals surface area contributed by atoms with Crippen LogP contribution in [0, 0.1) is 17.5 Å². The summed E-state index contributed by atoms with van der Waals surface area (Å²) < 4.78 is 49.6. The third-order valence-corrected chi connectivity index (χ3v) is 4.51. The van der Waals surface area contributed by atoms with Crippen LogP contribution in [0.25, 0.3) is 16.6 Å². The molecule has 9 heteroatoms. The molecule has 5 nitrogen and oxygen atoms in total. The lowest BCUT2D eigenvalue weighted by Gasteiger charge is -2.17. The topological polar surface area (TPSA) is 65.4 Å². The van der Waals surface area contributed by atoms with Gasteiger partial charge in [0.15, 0.2) is 5.82 Å². The van der Waals surface area contributed by atoms with Crippen LogP contribution in [0.15, 0.2) is 41.3 Å². The maximum Gasteiger partial charge on any atom is 0.156 e. The normalized spacial score (nSPS) is 13.0. The number of benzene rings is 2. The van der Waals surface area contributed by atoms with Gasteiger partial charge in [-0.2, -0.15) is 0 Å². The zero-order valence-corrected chi connectivity index (χ0v) is 16.0. The molecule has 146 valence electrons. The number of hydrogen-bond acceptors (Lipinski definition) is 4. The Hall–Kier alpha value is -3.00. The molecule has 0 spiro atoms. The van der Waals surface area contributed by atoms with Gasteiger partial charge in [-0.05, 0) is 19.1 Å². The van der Waals surface area contributed by atoms with Crippen molar-refractivity contribution >= 4 is 34.0 Å². The summed E-state index contributed by atoms with van der Waals surface area (Å²) in [6.07, 6.45) is 1.37. The molecule has 0 aliphatic rings. The Balaban J connectivity index is 2.29. The van der Waals surface area contributed by atoms with E-state index in [1.807, 2.05) is 0 Å². The number of imidazole rings is 1. The maximum atomic E-state index is 15.0. The second kappa shape index (κ2) is 7.55. The number of hydrogen-bond donors (Lipinski definition) is 1. The number of aromatic nitrogens is 2. The van der Waals surface area contributed by atoms with E-state index in [0.717, 1.165) is 6.07 Å². The Morgan fingerprint density at radius 1 is 1.25 bits per heavy atom. The van der Waals surface area contributed by atoms with Crippen LogP contribution < -0.4 is 10.5 Å². The van der Waals surface area contributed by atoms with E-state index >= 15 is 0 Å². The van der Waals surface area contributed by atoms with Crippen LogP contribution >= 0.6 is 11.6 Å². The fourth-order valence-electron chi connectivity index (χ4n) is 2.93. The monoisotopic (exact) mass is 408 g/mol. The minimum absolute atomic E-state index is 0.00863. The molecule has 3 aromatic rings. The first kappa shape index (κ1) is 19.8. The van der Waals surface area contributed by atoms with Crippen LogP contribution in [0.4, 0.5) is 13.2 Å². The fraction of sp³-hybridized carbons (Fsp3) is 0.158. The molecule has 0 saturated carbocycles. The first-order valence-corrected chi connectivity index (χ1v) is 8.46. The molecule has 0 atom stereocenters. The summed E-state index contributed by atoms with van der Waals surface area (Å²) in [5.41, 5.74) is 6.46. The van der Waals surface area contributed by atoms with E-state index in [-0.39, 0.29) is 27.9 Å². The van der Waals surface area contributed by atoms with Crippen LogP contribution in [-0.2, 0) is 0 Å². The quantitative estimate of drug-likeness (QED) is 0.397. The van der Waals surface area contributed by atoms with Crippen LogP contribution in [0.1, 0.15) is 12.5 Å². The van der Waals surface area contributed by atoms with Crippen molar-refractivity contribution in [3.63, 3.8) is 0 Å². The van der Waals surface area contributed by atoms with E-state index < -0.39 is 23.0 Å². The lowest BCUT2D eigenvalue weighted by atomic mass is 10.0. The number of methoxy groups -OCH3 is 1. The van der Waals surface area contributed by atoms with Gasteiger partial charge in [-0.25, -0.2) is 18.2 Å². The van der Waals surface area contributed by atoms with E-state index in [9.17, 15) is 13.2 Å². The molecule has 1 aromatic heterocycles. The number of ether oxygens (including phenoxy) is 1. The highest BCUT2D eigenvalue weighted by atomic mass is 35.5. The largest absolute Gasteiger partial charge is 0.495 e. The lowest BCUT2D eigenvalue weighted by molar-refractivity contribution is 0.406. The van der Waals surface area contributed by atoms with Gasteiger partial charge in [0.2, 0.25) is 0 Å². The van der Waals surface area contributed by atoms with Gasteiger partial charge in [-0.1, -0.05) is 11.6 Å². The first-order chi connectivity index (χ1) is 13.3. The molecule has 3 rings (SSSR count). The molecule has 0 amide bonds.